The lowest BCUT2D eigenvalue weighted by Crippen LogP contribution is -2.36. The second kappa shape index (κ2) is 6.54. The molecular weight excluding hydrogens is 214 g/mol. The molecule has 1 rings (SSSR count). The van der Waals surface area contributed by atoms with Gasteiger partial charge in [0.1, 0.15) is 0 Å². The Morgan fingerprint density at radius 3 is 2.94 bits per heavy atom. The third-order valence-corrected chi connectivity index (χ3v) is 2.46. The quantitative estimate of drug-likeness (QED) is 0.813. The molecule has 0 saturated heterocycles. The minimum Gasteiger partial charge on any atom is -0.376 e. The minimum absolute atomic E-state index is 0.0401. The molecule has 0 aromatic heterocycles. The van der Waals surface area contributed by atoms with Crippen LogP contribution in [0.2, 0.25) is 0 Å². The smallest absolute Gasteiger partial charge is 0.239 e. The van der Waals surface area contributed by atoms with Gasteiger partial charge in [-0.25, -0.2) is 0 Å². The molecule has 90 valence electrons. The van der Waals surface area contributed by atoms with Crippen LogP contribution in [-0.2, 0) is 4.79 Å². The maximum Gasteiger partial charge on any atom is 0.239 e. The van der Waals surface area contributed by atoms with Crippen LogP contribution in [0.4, 0.5) is 5.69 Å². The van der Waals surface area contributed by atoms with E-state index in [1.54, 1.807) is 18.2 Å². The van der Waals surface area contributed by atoms with E-state index < -0.39 is 0 Å². The van der Waals surface area contributed by atoms with E-state index in [2.05, 4.69) is 16.7 Å². The summed E-state index contributed by atoms with van der Waals surface area (Å²) < 4.78 is 0. The van der Waals surface area contributed by atoms with Gasteiger partial charge in [0.25, 0.3) is 0 Å². The summed E-state index contributed by atoms with van der Waals surface area (Å²) >= 11 is 0. The lowest BCUT2D eigenvalue weighted by molar-refractivity contribution is -0.120. The summed E-state index contributed by atoms with van der Waals surface area (Å²) in [5, 5.41) is 14.6. The van der Waals surface area contributed by atoms with Crippen LogP contribution >= 0.6 is 0 Å². The highest BCUT2D eigenvalue weighted by molar-refractivity contribution is 5.80. The van der Waals surface area contributed by atoms with E-state index in [0.717, 1.165) is 12.1 Å². The van der Waals surface area contributed by atoms with Gasteiger partial charge in [0.15, 0.2) is 0 Å². The van der Waals surface area contributed by atoms with Crippen molar-refractivity contribution in [2.45, 2.75) is 26.3 Å². The number of nitrogens with one attached hydrogen (secondary N) is 2. The molecule has 0 bridgehead atoms. The SMILES string of the molecule is CC[C@@H](C)NC(=O)CNc1cccc(C#N)c1. The van der Waals surface area contributed by atoms with Gasteiger partial charge in [-0.1, -0.05) is 13.0 Å². The van der Waals surface area contributed by atoms with Gasteiger partial charge in [0, 0.05) is 11.7 Å². The molecule has 2 N–H and O–H groups in total. The maximum atomic E-state index is 11.5. The molecule has 1 aromatic rings. The fourth-order valence-corrected chi connectivity index (χ4v) is 1.31. The summed E-state index contributed by atoms with van der Waals surface area (Å²) in [4.78, 5) is 11.5. The Kier molecular flexibility index (Phi) is 5.02. The zero-order valence-electron chi connectivity index (χ0n) is 10.2. The van der Waals surface area contributed by atoms with E-state index in [-0.39, 0.29) is 18.5 Å². The number of rotatable bonds is 5. The van der Waals surface area contributed by atoms with Crippen LogP contribution < -0.4 is 10.6 Å². The van der Waals surface area contributed by atoms with Crippen LogP contribution in [0.1, 0.15) is 25.8 Å². The van der Waals surface area contributed by atoms with Crippen LogP contribution in [-0.4, -0.2) is 18.5 Å². The van der Waals surface area contributed by atoms with Crippen LogP contribution in [0.25, 0.3) is 0 Å². The molecule has 4 nitrogen and oxygen atoms in total. The summed E-state index contributed by atoms with van der Waals surface area (Å²) in [6.07, 6.45) is 0.912. The lowest BCUT2D eigenvalue weighted by atomic mass is 10.2. The number of nitrogens with zero attached hydrogens (tertiary/aromatic N) is 1. The van der Waals surface area contributed by atoms with E-state index in [4.69, 9.17) is 5.26 Å². The van der Waals surface area contributed by atoms with Crippen molar-refractivity contribution in [3.63, 3.8) is 0 Å². The van der Waals surface area contributed by atoms with Crippen molar-refractivity contribution in [1.29, 1.82) is 5.26 Å². The first-order valence-corrected chi connectivity index (χ1v) is 5.69. The maximum absolute atomic E-state index is 11.5. The van der Waals surface area contributed by atoms with Gasteiger partial charge in [0.2, 0.25) is 5.91 Å². The molecule has 0 heterocycles. The van der Waals surface area contributed by atoms with Crippen LogP contribution in [0.5, 0.6) is 0 Å². The fourth-order valence-electron chi connectivity index (χ4n) is 1.31. The van der Waals surface area contributed by atoms with Gasteiger partial charge in [-0.15, -0.1) is 0 Å². The third kappa shape index (κ3) is 4.56. The number of benzene rings is 1. The molecule has 1 aromatic carbocycles. The predicted octanol–water partition coefficient (Wildman–Crippen LogP) is 1.88. The van der Waals surface area contributed by atoms with Crippen molar-refractivity contribution < 1.29 is 4.79 Å². The average Bonchev–Trinajstić information content (AvgIpc) is 2.36. The molecule has 0 unspecified atom stereocenters. The summed E-state index contributed by atoms with van der Waals surface area (Å²) in [5.74, 6) is -0.0401. The zero-order chi connectivity index (χ0) is 12.7. The molecule has 0 aliphatic heterocycles. The number of hydrogen-bond donors (Lipinski definition) is 2. The largest absolute Gasteiger partial charge is 0.376 e. The van der Waals surface area contributed by atoms with Crippen molar-refractivity contribution in [2.75, 3.05) is 11.9 Å². The molecule has 0 aliphatic carbocycles. The molecule has 1 atom stereocenters. The molecule has 4 heteroatoms. The number of nitriles is 1. The van der Waals surface area contributed by atoms with Crippen LogP contribution in [0.15, 0.2) is 24.3 Å². The number of carbonyl (C=O) groups is 1. The van der Waals surface area contributed by atoms with Gasteiger partial charge >= 0.3 is 0 Å². The number of anilines is 1. The first-order chi connectivity index (χ1) is 8.15. The van der Waals surface area contributed by atoms with Crippen LogP contribution in [0.3, 0.4) is 0 Å². The Hall–Kier alpha value is -2.02. The second-order valence-corrected chi connectivity index (χ2v) is 3.92. The molecule has 0 saturated carbocycles. The van der Waals surface area contributed by atoms with Crippen molar-refractivity contribution in [1.82, 2.24) is 5.32 Å². The Morgan fingerprint density at radius 2 is 2.29 bits per heavy atom. The highest BCUT2D eigenvalue weighted by Crippen LogP contribution is 2.08. The number of carbonyl (C=O) groups excluding carboxylic acids is 1. The standard InChI is InChI=1S/C13H17N3O/c1-3-10(2)16-13(17)9-15-12-6-4-5-11(7-12)8-14/h4-7,10,15H,3,9H2,1-2H3,(H,16,17)/t10-/m1/s1. The Morgan fingerprint density at radius 1 is 1.53 bits per heavy atom. The normalized spacial score (nSPS) is 11.4. The van der Waals surface area contributed by atoms with E-state index in [1.165, 1.54) is 0 Å². The predicted molar refractivity (Wildman–Crippen MR) is 67.5 cm³/mol. The molecule has 0 aliphatic rings. The van der Waals surface area contributed by atoms with Crippen molar-refractivity contribution >= 4 is 11.6 Å². The minimum atomic E-state index is -0.0401. The molecule has 0 radical (unpaired) electrons. The third-order valence-electron chi connectivity index (χ3n) is 2.46. The summed E-state index contributed by atoms with van der Waals surface area (Å²) in [5.41, 5.74) is 1.36. The number of hydrogen-bond acceptors (Lipinski definition) is 3. The summed E-state index contributed by atoms with van der Waals surface area (Å²) in [6, 6.07) is 9.31. The van der Waals surface area contributed by atoms with Gasteiger partial charge in [-0.2, -0.15) is 5.26 Å². The first-order valence-electron chi connectivity index (χ1n) is 5.69. The van der Waals surface area contributed by atoms with Gasteiger partial charge in [0.05, 0.1) is 18.2 Å². The monoisotopic (exact) mass is 231 g/mol. The highest BCUT2D eigenvalue weighted by Gasteiger charge is 2.04. The van der Waals surface area contributed by atoms with Gasteiger partial charge < -0.3 is 10.6 Å². The Bertz CT molecular complexity index is 423. The second-order valence-electron chi connectivity index (χ2n) is 3.92. The fraction of sp³-hybridized carbons (Fsp3) is 0.385. The van der Waals surface area contributed by atoms with Crippen molar-refractivity contribution in [2.24, 2.45) is 0 Å². The average molecular weight is 231 g/mol. The Labute approximate surface area is 102 Å². The molecule has 17 heavy (non-hydrogen) atoms. The zero-order valence-corrected chi connectivity index (χ0v) is 10.2. The van der Waals surface area contributed by atoms with Crippen molar-refractivity contribution in [3.05, 3.63) is 29.8 Å². The van der Waals surface area contributed by atoms with Gasteiger partial charge in [-0.05, 0) is 31.5 Å². The van der Waals surface area contributed by atoms with Crippen LogP contribution in [0, 0.1) is 11.3 Å². The Balaban J connectivity index is 2.45. The lowest BCUT2D eigenvalue weighted by Gasteiger charge is -2.12. The summed E-state index contributed by atoms with van der Waals surface area (Å²) in [6.45, 7) is 4.21. The number of amides is 1. The highest BCUT2D eigenvalue weighted by atomic mass is 16.1. The first kappa shape index (κ1) is 13.0. The topological polar surface area (TPSA) is 64.9 Å². The van der Waals surface area contributed by atoms with Crippen molar-refractivity contribution in [3.8, 4) is 6.07 Å². The molecule has 1 amide bonds. The van der Waals surface area contributed by atoms with E-state index >= 15 is 0 Å². The summed E-state index contributed by atoms with van der Waals surface area (Å²) in [7, 11) is 0. The molecule has 0 fully saturated rings. The molecular formula is C13H17N3O. The van der Waals surface area contributed by atoms with E-state index in [0.29, 0.717) is 5.56 Å². The van der Waals surface area contributed by atoms with E-state index in [9.17, 15) is 4.79 Å². The van der Waals surface area contributed by atoms with Gasteiger partial charge in [-0.3, -0.25) is 4.79 Å². The molecule has 0 spiro atoms. The van der Waals surface area contributed by atoms with E-state index in [1.807, 2.05) is 19.9 Å².